The largest absolute Gasteiger partial charge is 0.370 e. The lowest BCUT2D eigenvalue weighted by Crippen LogP contribution is -2.52. The molecular formula is C20H26N2O2S. The Morgan fingerprint density at radius 3 is 2.28 bits per heavy atom. The molecule has 2 aromatic rings. The Morgan fingerprint density at radius 2 is 1.60 bits per heavy atom. The number of likely N-dealkylation sites (N-methyl/N-ethyl adjacent to an activating group) is 1. The summed E-state index contributed by atoms with van der Waals surface area (Å²) in [6.07, 6.45) is 4.05. The van der Waals surface area contributed by atoms with Gasteiger partial charge in [0, 0.05) is 24.8 Å². The molecule has 2 aromatic carbocycles. The molecular weight excluding hydrogens is 332 g/mol. The van der Waals surface area contributed by atoms with E-state index in [1.807, 2.05) is 6.07 Å². The molecule has 5 heteroatoms. The smallest absolute Gasteiger partial charge is 0.240 e. The highest BCUT2D eigenvalue weighted by Gasteiger charge is 2.32. The topological polar surface area (TPSA) is 49.4 Å². The number of hydrogen-bond donors (Lipinski definition) is 1. The van der Waals surface area contributed by atoms with Crippen molar-refractivity contribution in [3.05, 3.63) is 60.2 Å². The van der Waals surface area contributed by atoms with Gasteiger partial charge < -0.3 is 4.90 Å². The van der Waals surface area contributed by atoms with Crippen LogP contribution in [0, 0.1) is 6.92 Å². The first-order valence-corrected chi connectivity index (χ1v) is 10.3. The fourth-order valence-corrected chi connectivity index (χ4v) is 4.88. The lowest BCUT2D eigenvalue weighted by molar-refractivity contribution is 0.351. The van der Waals surface area contributed by atoms with Gasteiger partial charge in [-0.3, -0.25) is 0 Å². The van der Waals surface area contributed by atoms with Gasteiger partial charge in [0.25, 0.3) is 0 Å². The second-order valence-corrected chi connectivity index (χ2v) is 8.55. The van der Waals surface area contributed by atoms with Crippen LogP contribution >= 0.6 is 0 Å². The third kappa shape index (κ3) is 4.22. The van der Waals surface area contributed by atoms with Crippen LogP contribution in [0.4, 0.5) is 5.69 Å². The highest BCUT2D eigenvalue weighted by atomic mass is 32.2. The predicted molar refractivity (Wildman–Crippen MR) is 102 cm³/mol. The monoisotopic (exact) mass is 358 g/mol. The van der Waals surface area contributed by atoms with Crippen molar-refractivity contribution in [2.45, 2.75) is 49.6 Å². The summed E-state index contributed by atoms with van der Waals surface area (Å²) in [4.78, 5) is 2.55. The molecule has 1 aliphatic rings. The van der Waals surface area contributed by atoms with Crippen molar-refractivity contribution in [2.75, 3.05) is 11.9 Å². The summed E-state index contributed by atoms with van der Waals surface area (Å²) in [7, 11) is -1.43. The second-order valence-electron chi connectivity index (χ2n) is 6.84. The van der Waals surface area contributed by atoms with Crippen LogP contribution < -0.4 is 9.62 Å². The van der Waals surface area contributed by atoms with Gasteiger partial charge in [0.2, 0.25) is 10.0 Å². The predicted octanol–water partition coefficient (Wildman–Crippen LogP) is 3.72. The van der Waals surface area contributed by atoms with Gasteiger partial charge in [-0.1, -0.05) is 48.7 Å². The normalized spacial score (nSPS) is 21.0. The van der Waals surface area contributed by atoms with Gasteiger partial charge in [-0.05, 0) is 44.0 Å². The molecule has 2 unspecified atom stereocenters. The summed E-state index contributed by atoms with van der Waals surface area (Å²) >= 11 is 0. The Bertz CT molecular complexity index is 788. The molecule has 134 valence electrons. The van der Waals surface area contributed by atoms with Crippen LogP contribution in [0.1, 0.15) is 31.2 Å². The van der Waals surface area contributed by atoms with E-state index in [1.54, 1.807) is 24.3 Å². The molecule has 0 bridgehead atoms. The van der Waals surface area contributed by atoms with Crippen molar-refractivity contribution >= 4 is 15.7 Å². The van der Waals surface area contributed by atoms with Gasteiger partial charge in [-0.2, -0.15) is 0 Å². The first kappa shape index (κ1) is 18.0. The number of sulfonamides is 1. The van der Waals surface area contributed by atoms with Gasteiger partial charge in [0.05, 0.1) is 4.90 Å². The molecule has 0 spiro atoms. The van der Waals surface area contributed by atoms with E-state index in [0.717, 1.165) is 31.4 Å². The van der Waals surface area contributed by atoms with Gasteiger partial charge >= 0.3 is 0 Å². The standard InChI is InChI=1S/C20H26N2O2S/c1-16-12-14-17(15-13-16)22(2)20-11-7-6-10-19(20)21-25(23,24)18-8-4-3-5-9-18/h3-5,8-9,12-15,19-21H,6-7,10-11H2,1-2H3. The first-order valence-electron chi connectivity index (χ1n) is 8.84. The van der Waals surface area contributed by atoms with E-state index in [9.17, 15) is 8.42 Å². The Hall–Kier alpha value is -1.85. The SMILES string of the molecule is Cc1ccc(N(C)C2CCCCC2NS(=O)(=O)c2ccccc2)cc1. The summed E-state index contributed by atoms with van der Waals surface area (Å²) in [6, 6.07) is 17.1. The summed E-state index contributed by atoms with van der Waals surface area (Å²) in [6.45, 7) is 2.07. The highest BCUT2D eigenvalue weighted by molar-refractivity contribution is 7.89. The summed E-state index contributed by atoms with van der Waals surface area (Å²) in [5.74, 6) is 0. The zero-order chi connectivity index (χ0) is 17.9. The van der Waals surface area contributed by atoms with E-state index < -0.39 is 10.0 Å². The zero-order valence-corrected chi connectivity index (χ0v) is 15.7. The molecule has 0 aliphatic heterocycles. The lowest BCUT2D eigenvalue weighted by atomic mass is 9.90. The van der Waals surface area contributed by atoms with Crippen LogP contribution in [-0.4, -0.2) is 27.5 Å². The Balaban J connectivity index is 1.80. The maximum absolute atomic E-state index is 12.7. The summed E-state index contributed by atoms with van der Waals surface area (Å²) in [5, 5.41) is 0. The maximum atomic E-state index is 12.7. The first-order chi connectivity index (χ1) is 12.0. The minimum Gasteiger partial charge on any atom is -0.370 e. The number of anilines is 1. The number of nitrogens with zero attached hydrogens (tertiary/aromatic N) is 1. The third-order valence-corrected chi connectivity index (χ3v) is 6.53. The van der Waals surface area contributed by atoms with Crippen molar-refractivity contribution in [3.8, 4) is 0 Å². The van der Waals surface area contributed by atoms with E-state index in [0.29, 0.717) is 4.90 Å². The number of hydrogen-bond acceptors (Lipinski definition) is 3. The van der Waals surface area contributed by atoms with Gasteiger partial charge in [-0.15, -0.1) is 0 Å². The van der Waals surface area contributed by atoms with Crippen molar-refractivity contribution < 1.29 is 8.42 Å². The van der Waals surface area contributed by atoms with Crippen molar-refractivity contribution in [2.24, 2.45) is 0 Å². The molecule has 0 aromatic heterocycles. The highest BCUT2D eigenvalue weighted by Crippen LogP contribution is 2.28. The fourth-order valence-electron chi connectivity index (χ4n) is 3.55. The fraction of sp³-hybridized carbons (Fsp3) is 0.400. The van der Waals surface area contributed by atoms with Crippen LogP contribution in [0.2, 0.25) is 0 Å². The quantitative estimate of drug-likeness (QED) is 0.886. The van der Waals surface area contributed by atoms with Crippen LogP contribution in [0.15, 0.2) is 59.5 Å². The van der Waals surface area contributed by atoms with Gasteiger partial charge in [0.1, 0.15) is 0 Å². The molecule has 0 saturated heterocycles. The van der Waals surface area contributed by atoms with Crippen LogP contribution in [-0.2, 0) is 10.0 Å². The molecule has 1 aliphatic carbocycles. The maximum Gasteiger partial charge on any atom is 0.240 e. The number of nitrogens with one attached hydrogen (secondary N) is 1. The summed E-state index contributed by atoms with van der Waals surface area (Å²) < 4.78 is 28.4. The molecule has 1 saturated carbocycles. The molecule has 0 amide bonds. The Labute approximate surface area is 150 Å². The van der Waals surface area contributed by atoms with Gasteiger partial charge in [0.15, 0.2) is 0 Å². The number of aryl methyl sites for hydroxylation is 1. The molecule has 25 heavy (non-hydrogen) atoms. The molecule has 2 atom stereocenters. The number of benzene rings is 2. The van der Waals surface area contributed by atoms with E-state index >= 15 is 0 Å². The van der Waals surface area contributed by atoms with Crippen molar-refractivity contribution in [1.29, 1.82) is 0 Å². The van der Waals surface area contributed by atoms with E-state index in [4.69, 9.17) is 0 Å². The Kier molecular flexibility index (Phi) is 5.45. The molecule has 0 heterocycles. The third-order valence-electron chi connectivity index (χ3n) is 5.03. The minimum absolute atomic E-state index is 0.0785. The van der Waals surface area contributed by atoms with Crippen molar-refractivity contribution in [1.82, 2.24) is 4.72 Å². The molecule has 1 N–H and O–H groups in total. The van der Waals surface area contributed by atoms with E-state index in [-0.39, 0.29) is 12.1 Å². The van der Waals surface area contributed by atoms with E-state index in [2.05, 4.69) is 47.9 Å². The molecule has 0 radical (unpaired) electrons. The van der Waals surface area contributed by atoms with E-state index in [1.165, 1.54) is 5.56 Å². The van der Waals surface area contributed by atoms with Crippen LogP contribution in [0.25, 0.3) is 0 Å². The average molecular weight is 359 g/mol. The molecule has 3 rings (SSSR count). The molecule has 4 nitrogen and oxygen atoms in total. The van der Waals surface area contributed by atoms with Crippen molar-refractivity contribution in [3.63, 3.8) is 0 Å². The number of rotatable bonds is 5. The lowest BCUT2D eigenvalue weighted by Gasteiger charge is -2.39. The minimum atomic E-state index is -3.49. The zero-order valence-electron chi connectivity index (χ0n) is 14.9. The second kappa shape index (κ2) is 7.58. The molecule has 1 fully saturated rings. The van der Waals surface area contributed by atoms with Gasteiger partial charge in [-0.25, -0.2) is 13.1 Å². The summed E-state index contributed by atoms with van der Waals surface area (Å²) in [5.41, 5.74) is 2.35. The average Bonchev–Trinajstić information content (AvgIpc) is 2.63. The Morgan fingerprint density at radius 1 is 0.960 bits per heavy atom. The van der Waals surface area contributed by atoms with Crippen LogP contribution in [0.5, 0.6) is 0 Å². The van der Waals surface area contributed by atoms with Crippen LogP contribution in [0.3, 0.4) is 0 Å².